The molecule has 0 bridgehead atoms. The van der Waals surface area contributed by atoms with Crippen molar-refractivity contribution < 1.29 is 4.79 Å². The maximum absolute atomic E-state index is 11.0. The van der Waals surface area contributed by atoms with Crippen LogP contribution in [0.15, 0.2) is 0 Å². The van der Waals surface area contributed by atoms with Crippen LogP contribution in [0.5, 0.6) is 0 Å². The Balaban J connectivity index is 2.21. The van der Waals surface area contributed by atoms with E-state index in [4.69, 9.17) is 5.73 Å². The minimum Gasteiger partial charge on any atom is -0.368 e. The fourth-order valence-electron chi connectivity index (χ4n) is 2.36. The van der Waals surface area contributed by atoms with Crippen LogP contribution in [0.4, 0.5) is 0 Å². The van der Waals surface area contributed by atoms with Crippen molar-refractivity contribution in [2.45, 2.75) is 38.6 Å². The van der Waals surface area contributed by atoms with E-state index in [2.05, 4.69) is 17.1 Å². The largest absolute Gasteiger partial charge is 0.368 e. The van der Waals surface area contributed by atoms with Crippen LogP contribution in [0.2, 0.25) is 0 Å². The third-order valence-electron chi connectivity index (χ3n) is 3.71. The molecule has 0 spiro atoms. The average Bonchev–Trinajstić information content (AvgIpc) is 2.30. The molecule has 0 saturated carbocycles. The Morgan fingerprint density at radius 1 is 1.50 bits per heavy atom. The van der Waals surface area contributed by atoms with Crippen molar-refractivity contribution >= 4 is 5.91 Å². The van der Waals surface area contributed by atoms with Crippen molar-refractivity contribution in [1.29, 1.82) is 0 Å². The topological polar surface area (TPSA) is 58.4 Å². The van der Waals surface area contributed by atoms with Gasteiger partial charge < -0.3 is 16.0 Å². The molecule has 1 heterocycles. The summed E-state index contributed by atoms with van der Waals surface area (Å²) in [7, 11) is 1.79. The zero-order valence-corrected chi connectivity index (χ0v) is 10.5. The van der Waals surface area contributed by atoms with E-state index < -0.39 is 0 Å². The second-order valence-electron chi connectivity index (χ2n) is 4.73. The van der Waals surface area contributed by atoms with Gasteiger partial charge in [-0.1, -0.05) is 13.3 Å². The molecule has 94 valence electrons. The number of carbonyl (C=O) groups excluding carboxylic acids is 1. The molecule has 0 aromatic rings. The van der Waals surface area contributed by atoms with Gasteiger partial charge in [0, 0.05) is 6.54 Å². The molecule has 0 radical (unpaired) electrons. The smallest absolute Gasteiger partial charge is 0.234 e. The molecule has 0 aromatic heterocycles. The van der Waals surface area contributed by atoms with E-state index >= 15 is 0 Å². The standard InChI is InChI=1S/C12H25N3O/c1-3-10-4-7-15(8-5-10)9-6-11(14-2)12(13)16/h10-11,14H,3-9H2,1-2H3,(H2,13,16). The van der Waals surface area contributed by atoms with Gasteiger partial charge in [0.1, 0.15) is 0 Å². The average molecular weight is 227 g/mol. The van der Waals surface area contributed by atoms with Crippen LogP contribution < -0.4 is 11.1 Å². The highest BCUT2D eigenvalue weighted by Gasteiger charge is 2.19. The molecular weight excluding hydrogens is 202 g/mol. The van der Waals surface area contributed by atoms with Crippen molar-refractivity contribution in [3.05, 3.63) is 0 Å². The van der Waals surface area contributed by atoms with E-state index in [9.17, 15) is 4.79 Å². The molecule has 16 heavy (non-hydrogen) atoms. The van der Waals surface area contributed by atoms with Gasteiger partial charge in [0.2, 0.25) is 5.91 Å². The second kappa shape index (κ2) is 6.86. The SMILES string of the molecule is CCC1CCN(CCC(NC)C(N)=O)CC1. The Morgan fingerprint density at radius 3 is 2.56 bits per heavy atom. The third kappa shape index (κ3) is 4.10. The van der Waals surface area contributed by atoms with E-state index in [-0.39, 0.29) is 11.9 Å². The van der Waals surface area contributed by atoms with E-state index in [1.807, 2.05) is 0 Å². The lowest BCUT2D eigenvalue weighted by atomic mass is 9.94. The number of rotatable bonds is 6. The van der Waals surface area contributed by atoms with Crippen LogP contribution >= 0.6 is 0 Å². The molecule has 1 atom stereocenters. The summed E-state index contributed by atoms with van der Waals surface area (Å²) in [4.78, 5) is 13.5. The van der Waals surface area contributed by atoms with E-state index in [1.54, 1.807) is 7.05 Å². The van der Waals surface area contributed by atoms with Crippen LogP contribution in [-0.4, -0.2) is 43.5 Å². The highest BCUT2D eigenvalue weighted by Crippen LogP contribution is 2.19. The number of primary amides is 1. The zero-order chi connectivity index (χ0) is 12.0. The molecule has 1 amide bonds. The molecule has 3 N–H and O–H groups in total. The number of nitrogens with two attached hydrogens (primary N) is 1. The first kappa shape index (κ1) is 13.5. The van der Waals surface area contributed by atoms with Crippen LogP contribution in [0.1, 0.15) is 32.6 Å². The Hall–Kier alpha value is -0.610. The summed E-state index contributed by atoms with van der Waals surface area (Å²) in [6, 6.07) is -0.177. The number of nitrogens with zero attached hydrogens (tertiary/aromatic N) is 1. The maximum atomic E-state index is 11.0. The van der Waals surface area contributed by atoms with Gasteiger partial charge in [0.15, 0.2) is 0 Å². The summed E-state index contributed by atoms with van der Waals surface area (Å²) in [5, 5.41) is 2.96. The predicted molar refractivity (Wildman–Crippen MR) is 66.1 cm³/mol. The molecule has 1 rings (SSSR count). The number of likely N-dealkylation sites (N-methyl/N-ethyl adjacent to an activating group) is 1. The monoisotopic (exact) mass is 227 g/mol. The fourth-order valence-corrected chi connectivity index (χ4v) is 2.36. The molecule has 0 aliphatic carbocycles. The van der Waals surface area contributed by atoms with Gasteiger partial charge in [-0.2, -0.15) is 0 Å². The molecular formula is C12H25N3O. The predicted octanol–water partition coefficient (Wildman–Crippen LogP) is 0.572. The first-order valence-electron chi connectivity index (χ1n) is 6.36. The van der Waals surface area contributed by atoms with Crippen molar-refractivity contribution in [3.8, 4) is 0 Å². The Morgan fingerprint density at radius 2 is 2.12 bits per heavy atom. The molecule has 1 aliphatic heterocycles. The highest BCUT2D eigenvalue weighted by molar-refractivity contribution is 5.79. The molecule has 1 aliphatic rings. The summed E-state index contributed by atoms with van der Waals surface area (Å²) in [5.41, 5.74) is 5.29. The van der Waals surface area contributed by atoms with Crippen molar-refractivity contribution in [2.24, 2.45) is 11.7 Å². The van der Waals surface area contributed by atoms with Crippen molar-refractivity contribution in [1.82, 2.24) is 10.2 Å². The van der Waals surface area contributed by atoms with E-state index in [0.717, 1.165) is 18.9 Å². The summed E-state index contributed by atoms with van der Waals surface area (Å²) in [6.07, 6.45) is 4.73. The Kier molecular flexibility index (Phi) is 5.77. The summed E-state index contributed by atoms with van der Waals surface area (Å²) in [5.74, 6) is 0.665. The van der Waals surface area contributed by atoms with Crippen LogP contribution in [0, 0.1) is 5.92 Å². The number of piperidine rings is 1. The van der Waals surface area contributed by atoms with Gasteiger partial charge in [0.05, 0.1) is 6.04 Å². The molecule has 1 saturated heterocycles. The first-order valence-corrected chi connectivity index (χ1v) is 6.36. The second-order valence-corrected chi connectivity index (χ2v) is 4.73. The van der Waals surface area contributed by atoms with E-state index in [0.29, 0.717) is 0 Å². The lowest BCUT2D eigenvalue weighted by Gasteiger charge is -2.32. The molecule has 4 nitrogen and oxygen atoms in total. The van der Waals surface area contributed by atoms with Gasteiger partial charge in [-0.25, -0.2) is 0 Å². The number of amides is 1. The first-order chi connectivity index (χ1) is 7.67. The molecule has 1 unspecified atom stereocenters. The third-order valence-corrected chi connectivity index (χ3v) is 3.71. The number of likely N-dealkylation sites (tertiary alicyclic amines) is 1. The van der Waals surface area contributed by atoms with Crippen molar-refractivity contribution in [2.75, 3.05) is 26.7 Å². The van der Waals surface area contributed by atoms with Gasteiger partial charge in [-0.05, 0) is 45.3 Å². The Labute approximate surface area is 98.6 Å². The molecule has 1 fully saturated rings. The van der Waals surface area contributed by atoms with Crippen LogP contribution in [0.3, 0.4) is 0 Å². The van der Waals surface area contributed by atoms with Gasteiger partial charge >= 0.3 is 0 Å². The van der Waals surface area contributed by atoms with E-state index in [1.165, 1.54) is 32.4 Å². The zero-order valence-electron chi connectivity index (χ0n) is 10.5. The summed E-state index contributed by atoms with van der Waals surface area (Å²) >= 11 is 0. The summed E-state index contributed by atoms with van der Waals surface area (Å²) in [6.45, 7) is 5.59. The number of nitrogens with one attached hydrogen (secondary N) is 1. The lowest BCUT2D eigenvalue weighted by Crippen LogP contribution is -2.43. The maximum Gasteiger partial charge on any atom is 0.234 e. The van der Waals surface area contributed by atoms with Crippen molar-refractivity contribution in [3.63, 3.8) is 0 Å². The van der Waals surface area contributed by atoms with Crippen LogP contribution in [0.25, 0.3) is 0 Å². The lowest BCUT2D eigenvalue weighted by molar-refractivity contribution is -0.120. The fraction of sp³-hybridized carbons (Fsp3) is 0.917. The quantitative estimate of drug-likeness (QED) is 0.697. The minimum absolute atomic E-state index is 0.177. The normalized spacial score (nSPS) is 20.9. The Bertz CT molecular complexity index is 212. The van der Waals surface area contributed by atoms with Crippen LogP contribution in [-0.2, 0) is 4.79 Å². The minimum atomic E-state index is -0.244. The number of hydrogen-bond acceptors (Lipinski definition) is 3. The molecule has 4 heteroatoms. The number of carbonyl (C=O) groups is 1. The molecule has 0 aromatic carbocycles. The highest BCUT2D eigenvalue weighted by atomic mass is 16.1. The number of hydrogen-bond donors (Lipinski definition) is 2. The van der Waals surface area contributed by atoms with Gasteiger partial charge in [0.25, 0.3) is 0 Å². The summed E-state index contributed by atoms with van der Waals surface area (Å²) < 4.78 is 0. The van der Waals surface area contributed by atoms with Gasteiger partial charge in [-0.15, -0.1) is 0 Å². The van der Waals surface area contributed by atoms with Gasteiger partial charge in [-0.3, -0.25) is 4.79 Å².